The van der Waals surface area contributed by atoms with Gasteiger partial charge in [0.25, 0.3) is 0 Å². The molecule has 2 N–H and O–H groups in total. The summed E-state index contributed by atoms with van der Waals surface area (Å²) >= 11 is 0. The Labute approximate surface area is 87.6 Å². The van der Waals surface area contributed by atoms with Gasteiger partial charge in [0, 0.05) is 11.6 Å². The van der Waals surface area contributed by atoms with E-state index >= 15 is 0 Å². The van der Waals surface area contributed by atoms with Gasteiger partial charge in [-0.15, -0.1) is 0 Å². The summed E-state index contributed by atoms with van der Waals surface area (Å²) in [5, 5.41) is 0. The number of hydrogen-bond acceptors (Lipinski definition) is 1. The summed E-state index contributed by atoms with van der Waals surface area (Å²) in [5.41, 5.74) is 6.94. The predicted molar refractivity (Wildman–Crippen MR) is 56.3 cm³/mol. The van der Waals surface area contributed by atoms with Crippen molar-refractivity contribution in [2.45, 2.75) is 25.8 Å². The Morgan fingerprint density at radius 1 is 1.33 bits per heavy atom. The van der Waals surface area contributed by atoms with Gasteiger partial charge in [-0.05, 0) is 37.0 Å². The van der Waals surface area contributed by atoms with Gasteiger partial charge in [-0.1, -0.05) is 12.1 Å². The Balaban J connectivity index is 2.52. The predicted octanol–water partition coefficient (Wildman–Crippen LogP) is 2.78. The van der Waals surface area contributed by atoms with E-state index in [9.17, 15) is 8.78 Å². The summed E-state index contributed by atoms with van der Waals surface area (Å²) in [6.45, 7) is 1.63. The van der Waals surface area contributed by atoms with Crippen molar-refractivity contribution in [2.75, 3.05) is 0 Å². The van der Waals surface area contributed by atoms with E-state index < -0.39 is 11.6 Å². The highest BCUT2D eigenvalue weighted by molar-refractivity contribution is 5.69. The second-order valence-corrected chi connectivity index (χ2v) is 3.95. The van der Waals surface area contributed by atoms with Crippen LogP contribution in [-0.4, -0.2) is 6.04 Å². The third-order valence-corrected chi connectivity index (χ3v) is 2.77. The van der Waals surface area contributed by atoms with Gasteiger partial charge < -0.3 is 5.73 Å². The highest BCUT2D eigenvalue weighted by Crippen LogP contribution is 2.31. The zero-order chi connectivity index (χ0) is 11.0. The first-order valence-electron chi connectivity index (χ1n) is 5.01. The standard InChI is InChI=1S/C12H13F2N/c1-7-2-5-10(13)11(12(7)14)8-3-4-9(15)6-8/h2,5-6,9H,3-4,15H2,1H3. The molecule has 0 aliphatic heterocycles. The first-order valence-corrected chi connectivity index (χ1v) is 5.01. The number of nitrogens with two attached hydrogens (primary N) is 1. The van der Waals surface area contributed by atoms with Crippen LogP contribution in [-0.2, 0) is 0 Å². The highest BCUT2D eigenvalue weighted by Gasteiger charge is 2.20. The molecular weight excluding hydrogens is 196 g/mol. The smallest absolute Gasteiger partial charge is 0.136 e. The van der Waals surface area contributed by atoms with Crippen molar-refractivity contribution in [3.8, 4) is 0 Å². The van der Waals surface area contributed by atoms with Crippen LogP contribution in [0.3, 0.4) is 0 Å². The number of allylic oxidation sites excluding steroid dienone is 1. The van der Waals surface area contributed by atoms with E-state index in [-0.39, 0.29) is 11.6 Å². The van der Waals surface area contributed by atoms with E-state index in [4.69, 9.17) is 5.73 Å². The SMILES string of the molecule is Cc1ccc(F)c(C2=CC(N)CC2)c1F. The van der Waals surface area contributed by atoms with E-state index in [1.54, 1.807) is 13.0 Å². The van der Waals surface area contributed by atoms with Crippen molar-refractivity contribution in [1.29, 1.82) is 0 Å². The van der Waals surface area contributed by atoms with Crippen LogP contribution in [0.1, 0.15) is 24.0 Å². The minimum absolute atomic E-state index is 0.0701. The molecular formula is C12H13F2N. The maximum Gasteiger partial charge on any atom is 0.136 e. The molecule has 0 saturated carbocycles. The third-order valence-electron chi connectivity index (χ3n) is 2.77. The maximum atomic E-state index is 13.7. The monoisotopic (exact) mass is 209 g/mol. The van der Waals surface area contributed by atoms with Gasteiger partial charge >= 0.3 is 0 Å². The number of hydrogen-bond donors (Lipinski definition) is 1. The molecule has 1 nitrogen and oxygen atoms in total. The molecule has 1 aliphatic rings. The number of benzene rings is 1. The second kappa shape index (κ2) is 3.74. The van der Waals surface area contributed by atoms with E-state index in [2.05, 4.69) is 0 Å². The molecule has 0 spiro atoms. The lowest BCUT2D eigenvalue weighted by Crippen LogP contribution is -2.11. The second-order valence-electron chi connectivity index (χ2n) is 3.95. The average Bonchev–Trinajstić information content (AvgIpc) is 2.59. The first-order chi connectivity index (χ1) is 7.09. The Morgan fingerprint density at radius 2 is 2.07 bits per heavy atom. The Morgan fingerprint density at radius 3 is 2.67 bits per heavy atom. The number of aryl methyl sites for hydroxylation is 1. The molecule has 0 bridgehead atoms. The van der Waals surface area contributed by atoms with Crippen LogP contribution >= 0.6 is 0 Å². The molecule has 0 amide bonds. The zero-order valence-corrected chi connectivity index (χ0v) is 8.56. The van der Waals surface area contributed by atoms with Crippen molar-refractivity contribution in [3.63, 3.8) is 0 Å². The molecule has 1 aliphatic carbocycles. The quantitative estimate of drug-likeness (QED) is 0.756. The van der Waals surface area contributed by atoms with Gasteiger partial charge in [0.05, 0.1) is 0 Å². The van der Waals surface area contributed by atoms with Crippen LogP contribution in [0.15, 0.2) is 18.2 Å². The molecule has 2 rings (SSSR count). The minimum atomic E-state index is -0.501. The van der Waals surface area contributed by atoms with Crippen LogP contribution < -0.4 is 5.73 Å². The van der Waals surface area contributed by atoms with Crippen molar-refractivity contribution < 1.29 is 8.78 Å². The molecule has 0 heterocycles. The molecule has 1 unspecified atom stereocenters. The van der Waals surface area contributed by atoms with E-state index in [1.165, 1.54) is 12.1 Å². The minimum Gasteiger partial charge on any atom is -0.324 e. The van der Waals surface area contributed by atoms with Gasteiger partial charge in [0.15, 0.2) is 0 Å². The summed E-state index contributed by atoms with van der Waals surface area (Å²) in [6, 6.07) is 2.68. The molecule has 1 atom stereocenters. The van der Waals surface area contributed by atoms with Crippen LogP contribution in [0.2, 0.25) is 0 Å². The van der Waals surface area contributed by atoms with Crippen molar-refractivity contribution in [2.24, 2.45) is 5.73 Å². The van der Waals surface area contributed by atoms with Crippen molar-refractivity contribution in [1.82, 2.24) is 0 Å². The highest BCUT2D eigenvalue weighted by atomic mass is 19.1. The molecule has 80 valence electrons. The van der Waals surface area contributed by atoms with E-state index in [1.807, 2.05) is 0 Å². The summed E-state index contributed by atoms with van der Waals surface area (Å²) in [5.74, 6) is -0.964. The normalized spacial score (nSPS) is 20.5. The van der Waals surface area contributed by atoms with Gasteiger partial charge in [0.2, 0.25) is 0 Å². The van der Waals surface area contributed by atoms with Crippen LogP contribution in [0.4, 0.5) is 8.78 Å². The van der Waals surface area contributed by atoms with Crippen LogP contribution in [0, 0.1) is 18.6 Å². The van der Waals surface area contributed by atoms with Gasteiger partial charge in [-0.2, -0.15) is 0 Å². The Kier molecular flexibility index (Phi) is 2.57. The largest absolute Gasteiger partial charge is 0.324 e. The summed E-state index contributed by atoms with van der Waals surface area (Å²) in [6.07, 6.45) is 3.17. The lowest BCUT2D eigenvalue weighted by atomic mass is 10.0. The topological polar surface area (TPSA) is 26.0 Å². The lowest BCUT2D eigenvalue weighted by Gasteiger charge is -2.07. The van der Waals surface area contributed by atoms with Gasteiger partial charge in [-0.25, -0.2) is 8.78 Å². The van der Waals surface area contributed by atoms with Gasteiger partial charge in [-0.3, -0.25) is 0 Å². The van der Waals surface area contributed by atoms with Crippen molar-refractivity contribution >= 4 is 5.57 Å². The summed E-state index contributed by atoms with van der Waals surface area (Å²) in [7, 11) is 0. The summed E-state index contributed by atoms with van der Waals surface area (Å²) < 4.78 is 27.2. The number of rotatable bonds is 1. The fourth-order valence-corrected chi connectivity index (χ4v) is 1.91. The van der Waals surface area contributed by atoms with Crippen LogP contribution in [0.25, 0.3) is 5.57 Å². The zero-order valence-electron chi connectivity index (χ0n) is 8.56. The molecule has 0 radical (unpaired) electrons. The van der Waals surface area contributed by atoms with E-state index in [0.717, 1.165) is 6.42 Å². The van der Waals surface area contributed by atoms with Crippen LogP contribution in [0.5, 0.6) is 0 Å². The molecule has 0 fully saturated rings. The molecule has 1 aromatic carbocycles. The third kappa shape index (κ3) is 1.79. The Bertz CT molecular complexity index is 424. The Hall–Kier alpha value is -1.22. The van der Waals surface area contributed by atoms with Gasteiger partial charge in [0.1, 0.15) is 11.6 Å². The molecule has 0 aromatic heterocycles. The fraction of sp³-hybridized carbons (Fsp3) is 0.333. The van der Waals surface area contributed by atoms with Crippen molar-refractivity contribution in [3.05, 3.63) is 41.0 Å². The molecule has 3 heteroatoms. The molecule has 1 aromatic rings. The van der Waals surface area contributed by atoms with E-state index in [0.29, 0.717) is 17.6 Å². The average molecular weight is 209 g/mol. The first kappa shape index (κ1) is 10.3. The molecule has 0 saturated heterocycles. The number of halogens is 2. The maximum absolute atomic E-state index is 13.7. The lowest BCUT2D eigenvalue weighted by molar-refractivity contribution is 0.570. The summed E-state index contributed by atoms with van der Waals surface area (Å²) in [4.78, 5) is 0. The molecule has 15 heavy (non-hydrogen) atoms. The fourth-order valence-electron chi connectivity index (χ4n) is 1.91.